The number of aromatic nitrogens is 1. The molecule has 5 nitrogen and oxygen atoms in total. The fraction of sp³-hybridized carbons (Fsp3) is 0.444. The highest BCUT2D eigenvalue weighted by atomic mass is 32.1. The van der Waals surface area contributed by atoms with Crippen LogP contribution in [-0.2, 0) is 0 Å². The van der Waals surface area contributed by atoms with E-state index in [4.69, 9.17) is 0 Å². The number of nitrogens with one attached hydrogen (secondary N) is 3. The Kier molecular flexibility index (Phi) is 7.21. The summed E-state index contributed by atoms with van der Waals surface area (Å²) in [6, 6.07) is 8.10. The molecule has 6 heteroatoms. The summed E-state index contributed by atoms with van der Waals surface area (Å²) in [5.74, 6) is -0.0993. The Balaban J connectivity index is 1.79. The molecule has 0 aliphatic heterocycles. The first-order chi connectivity index (χ1) is 11.6. The minimum absolute atomic E-state index is 0.0993. The number of hydrogen-bond donors (Lipinski definition) is 3. The summed E-state index contributed by atoms with van der Waals surface area (Å²) < 4.78 is 0. The van der Waals surface area contributed by atoms with Crippen molar-refractivity contribution in [3.63, 3.8) is 0 Å². The second-order valence-electron chi connectivity index (χ2n) is 5.85. The lowest BCUT2D eigenvalue weighted by molar-refractivity contribution is -0.896. The summed E-state index contributed by atoms with van der Waals surface area (Å²) in [5, 5.41) is 8.71. The van der Waals surface area contributed by atoms with E-state index in [0.717, 1.165) is 36.9 Å². The highest BCUT2D eigenvalue weighted by Gasteiger charge is 2.11. The molecule has 0 radical (unpaired) electrons. The molecule has 24 heavy (non-hydrogen) atoms. The van der Waals surface area contributed by atoms with Crippen molar-refractivity contribution in [2.75, 3.05) is 31.5 Å². The molecular formula is C18H27N4OS+. The highest BCUT2D eigenvalue weighted by molar-refractivity contribution is 7.14. The fourth-order valence-electron chi connectivity index (χ4n) is 2.43. The number of nitrogens with zero attached hydrogens (tertiary/aromatic N) is 1. The van der Waals surface area contributed by atoms with Gasteiger partial charge in [0.05, 0.1) is 19.6 Å². The maximum absolute atomic E-state index is 12.1. The van der Waals surface area contributed by atoms with Crippen LogP contribution in [0, 0.1) is 6.92 Å². The molecule has 0 saturated carbocycles. The van der Waals surface area contributed by atoms with Gasteiger partial charge in [0.15, 0.2) is 5.13 Å². The summed E-state index contributed by atoms with van der Waals surface area (Å²) in [5.41, 5.74) is 2.67. The van der Waals surface area contributed by atoms with Crippen molar-refractivity contribution in [1.82, 2.24) is 10.3 Å². The van der Waals surface area contributed by atoms with E-state index in [2.05, 4.69) is 36.4 Å². The summed E-state index contributed by atoms with van der Waals surface area (Å²) in [6.45, 7) is 10.5. The standard InChI is InChI=1S/C18H26N4OS/c1-4-22(5-2)12-6-11-19-17(23)16-13-24-18(21-16)20-15-9-7-14(3)8-10-15/h7-10,13H,4-6,11-12H2,1-3H3,(H,19,23)(H,20,21)/p+1. The van der Waals surface area contributed by atoms with Crippen molar-refractivity contribution >= 4 is 28.1 Å². The van der Waals surface area contributed by atoms with Gasteiger partial charge in [-0.15, -0.1) is 11.3 Å². The van der Waals surface area contributed by atoms with Gasteiger partial charge in [-0.1, -0.05) is 17.7 Å². The van der Waals surface area contributed by atoms with Gasteiger partial charge in [0, 0.05) is 24.0 Å². The zero-order valence-electron chi connectivity index (χ0n) is 14.7. The van der Waals surface area contributed by atoms with Crippen molar-refractivity contribution in [1.29, 1.82) is 0 Å². The third kappa shape index (κ3) is 5.62. The number of benzene rings is 1. The van der Waals surface area contributed by atoms with Gasteiger partial charge >= 0.3 is 0 Å². The Morgan fingerprint density at radius 3 is 2.58 bits per heavy atom. The molecule has 0 saturated heterocycles. The minimum Gasteiger partial charge on any atom is -0.350 e. The second-order valence-corrected chi connectivity index (χ2v) is 6.70. The van der Waals surface area contributed by atoms with Crippen LogP contribution >= 0.6 is 11.3 Å². The Bertz CT molecular complexity index is 635. The molecule has 2 rings (SSSR count). The first-order valence-corrected chi connectivity index (χ1v) is 9.41. The molecule has 130 valence electrons. The van der Waals surface area contributed by atoms with Gasteiger partial charge in [0.1, 0.15) is 5.69 Å². The molecule has 0 bridgehead atoms. The van der Waals surface area contributed by atoms with Crippen LogP contribution in [-0.4, -0.2) is 37.1 Å². The first kappa shape index (κ1) is 18.4. The molecule has 1 aromatic carbocycles. The van der Waals surface area contributed by atoms with Gasteiger partial charge in [-0.3, -0.25) is 4.79 Å². The summed E-state index contributed by atoms with van der Waals surface area (Å²) in [6.07, 6.45) is 0.987. The average molecular weight is 348 g/mol. The Morgan fingerprint density at radius 2 is 1.92 bits per heavy atom. The van der Waals surface area contributed by atoms with Gasteiger partial charge < -0.3 is 15.5 Å². The van der Waals surface area contributed by atoms with Gasteiger partial charge in [0.2, 0.25) is 0 Å². The first-order valence-electron chi connectivity index (χ1n) is 8.53. The van der Waals surface area contributed by atoms with Crippen molar-refractivity contribution in [3.05, 3.63) is 40.9 Å². The Hall–Kier alpha value is -1.92. The Morgan fingerprint density at radius 1 is 1.21 bits per heavy atom. The maximum Gasteiger partial charge on any atom is 0.270 e. The smallest absolute Gasteiger partial charge is 0.270 e. The number of carbonyl (C=O) groups is 1. The summed E-state index contributed by atoms with van der Waals surface area (Å²) >= 11 is 1.44. The fourth-order valence-corrected chi connectivity index (χ4v) is 3.14. The number of anilines is 2. The normalized spacial score (nSPS) is 10.8. The number of thiazole rings is 1. The molecule has 0 unspecified atom stereocenters. The van der Waals surface area contributed by atoms with E-state index in [0.29, 0.717) is 12.2 Å². The van der Waals surface area contributed by atoms with Crippen LogP contribution < -0.4 is 15.5 Å². The third-order valence-corrected chi connectivity index (χ3v) is 4.79. The van der Waals surface area contributed by atoms with E-state index in [9.17, 15) is 4.79 Å². The van der Waals surface area contributed by atoms with Crippen LogP contribution in [0.25, 0.3) is 0 Å². The molecule has 3 N–H and O–H groups in total. The van der Waals surface area contributed by atoms with Crippen molar-refractivity contribution in [3.8, 4) is 0 Å². The second kappa shape index (κ2) is 9.39. The van der Waals surface area contributed by atoms with E-state index in [1.165, 1.54) is 16.9 Å². The number of amides is 1. The number of hydrogen-bond acceptors (Lipinski definition) is 4. The SMILES string of the molecule is CC[NH+](CC)CCCNC(=O)c1csc(Nc2ccc(C)cc2)n1. The van der Waals surface area contributed by atoms with Gasteiger partial charge in [-0.2, -0.15) is 0 Å². The minimum atomic E-state index is -0.0993. The average Bonchev–Trinajstić information content (AvgIpc) is 3.05. The van der Waals surface area contributed by atoms with Crippen LogP contribution in [0.3, 0.4) is 0 Å². The van der Waals surface area contributed by atoms with Gasteiger partial charge in [-0.05, 0) is 32.9 Å². The zero-order valence-corrected chi connectivity index (χ0v) is 15.5. The largest absolute Gasteiger partial charge is 0.350 e. The number of aryl methyl sites for hydroxylation is 1. The predicted octanol–water partition coefficient (Wildman–Crippen LogP) is 2.24. The monoisotopic (exact) mass is 347 g/mol. The summed E-state index contributed by atoms with van der Waals surface area (Å²) in [4.78, 5) is 18.1. The molecule has 0 aliphatic carbocycles. The lowest BCUT2D eigenvalue weighted by Gasteiger charge is -2.14. The van der Waals surface area contributed by atoms with Crippen LogP contribution in [0.15, 0.2) is 29.6 Å². The quantitative estimate of drug-likeness (QED) is 0.610. The lowest BCUT2D eigenvalue weighted by atomic mass is 10.2. The Labute approximate surface area is 148 Å². The summed E-state index contributed by atoms with van der Waals surface area (Å²) in [7, 11) is 0. The highest BCUT2D eigenvalue weighted by Crippen LogP contribution is 2.21. The molecule has 1 aromatic heterocycles. The molecular weight excluding hydrogens is 320 g/mol. The molecule has 1 heterocycles. The molecule has 0 spiro atoms. The van der Waals surface area contributed by atoms with Crippen molar-refractivity contribution in [2.45, 2.75) is 27.2 Å². The molecule has 0 fully saturated rings. The lowest BCUT2D eigenvalue weighted by Crippen LogP contribution is -3.11. The molecule has 0 aliphatic rings. The molecule has 0 atom stereocenters. The topological polar surface area (TPSA) is 58.5 Å². The van der Waals surface area contributed by atoms with E-state index in [-0.39, 0.29) is 5.91 Å². The van der Waals surface area contributed by atoms with E-state index < -0.39 is 0 Å². The van der Waals surface area contributed by atoms with Crippen molar-refractivity contribution < 1.29 is 9.69 Å². The van der Waals surface area contributed by atoms with Gasteiger partial charge in [0.25, 0.3) is 5.91 Å². The van der Waals surface area contributed by atoms with Crippen molar-refractivity contribution in [2.24, 2.45) is 0 Å². The third-order valence-electron chi connectivity index (χ3n) is 4.03. The molecule has 2 aromatic rings. The van der Waals surface area contributed by atoms with Crippen LogP contribution in [0.2, 0.25) is 0 Å². The van der Waals surface area contributed by atoms with Crippen LogP contribution in [0.1, 0.15) is 36.3 Å². The maximum atomic E-state index is 12.1. The number of rotatable bonds is 9. The van der Waals surface area contributed by atoms with Crippen LogP contribution in [0.5, 0.6) is 0 Å². The van der Waals surface area contributed by atoms with Gasteiger partial charge in [-0.25, -0.2) is 4.98 Å². The van der Waals surface area contributed by atoms with Crippen LogP contribution in [0.4, 0.5) is 10.8 Å². The number of quaternary nitrogens is 1. The van der Waals surface area contributed by atoms with E-state index >= 15 is 0 Å². The van der Waals surface area contributed by atoms with E-state index in [1.807, 2.05) is 24.3 Å². The number of carbonyl (C=O) groups excluding carboxylic acids is 1. The van der Waals surface area contributed by atoms with E-state index in [1.54, 1.807) is 10.3 Å². The molecule has 1 amide bonds. The predicted molar refractivity (Wildman–Crippen MR) is 100 cm³/mol. The zero-order chi connectivity index (χ0) is 17.4.